The summed E-state index contributed by atoms with van der Waals surface area (Å²) in [6.07, 6.45) is 2.69. The lowest BCUT2D eigenvalue weighted by molar-refractivity contribution is 0.122. The first kappa shape index (κ1) is 12.5. The van der Waals surface area contributed by atoms with E-state index in [1.807, 2.05) is 18.2 Å². The number of hydrogen-bond donors (Lipinski definition) is 1. The Kier molecular flexibility index (Phi) is 5.69. The Bertz CT molecular complexity index is 262. The number of hydrogen-bond acceptors (Lipinski definition) is 2. The van der Waals surface area contributed by atoms with E-state index >= 15 is 0 Å². The highest BCUT2D eigenvalue weighted by atomic mass is 35.5. The summed E-state index contributed by atoms with van der Waals surface area (Å²) in [5.74, 6) is 0. The molecule has 1 aliphatic rings. The smallest absolute Gasteiger partial charge is 0.0717 e. The monoisotopic (exact) mass is 227 g/mol. The van der Waals surface area contributed by atoms with Crippen LogP contribution in [0, 0.1) is 0 Å². The minimum atomic E-state index is 0. The molecule has 0 spiro atoms. The Hall–Kier alpha value is -0.570. The van der Waals surface area contributed by atoms with Crippen LogP contribution >= 0.6 is 12.4 Å². The molecule has 0 amide bonds. The normalized spacial score (nSPS) is 14.7. The standard InChI is InChI=1S/C12H17NO.ClH/c1-2-4-11(5-3-1)10-14-9-8-13-12-6-7-12;/h1-5,12-13H,6-10H2;1H. The molecule has 0 heterocycles. The number of nitrogens with one attached hydrogen (secondary N) is 1. The maximum atomic E-state index is 5.54. The zero-order valence-corrected chi connectivity index (χ0v) is 9.63. The highest BCUT2D eigenvalue weighted by molar-refractivity contribution is 5.85. The fourth-order valence-corrected chi connectivity index (χ4v) is 1.39. The van der Waals surface area contributed by atoms with Crippen LogP contribution in [0.4, 0.5) is 0 Å². The Morgan fingerprint density at radius 1 is 1.20 bits per heavy atom. The highest BCUT2D eigenvalue weighted by Gasteiger charge is 2.19. The zero-order chi connectivity index (χ0) is 9.64. The van der Waals surface area contributed by atoms with E-state index in [0.29, 0.717) is 0 Å². The van der Waals surface area contributed by atoms with Crippen molar-refractivity contribution in [3.8, 4) is 0 Å². The van der Waals surface area contributed by atoms with Crippen molar-refractivity contribution in [2.45, 2.75) is 25.5 Å². The Labute approximate surface area is 97.4 Å². The topological polar surface area (TPSA) is 21.3 Å². The third-order valence-corrected chi connectivity index (χ3v) is 2.37. The average Bonchev–Trinajstić information content (AvgIpc) is 3.03. The van der Waals surface area contributed by atoms with Gasteiger partial charge in [-0.05, 0) is 18.4 Å². The number of halogens is 1. The van der Waals surface area contributed by atoms with Gasteiger partial charge in [-0.3, -0.25) is 0 Å². The molecule has 0 radical (unpaired) electrons. The van der Waals surface area contributed by atoms with Gasteiger partial charge in [-0.2, -0.15) is 0 Å². The average molecular weight is 228 g/mol. The fraction of sp³-hybridized carbons (Fsp3) is 0.500. The number of ether oxygens (including phenoxy) is 1. The summed E-state index contributed by atoms with van der Waals surface area (Å²) < 4.78 is 5.54. The molecule has 1 fully saturated rings. The maximum absolute atomic E-state index is 5.54. The van der Waals surface area contributed by atoms with Gasteiger partial charge in [0.25, 0.3) is 0 Å². The molecule has 15 heavy (non-hydrogen) atoms. The minimum Gasteiger partial charge on any atom is -0.375 e. The number of rotatable bonds is 6. The van der Waals surface area contributed by atoms with Gasteiger partial charge in [0.15, 0.2) is 0 Å². The summed E-state index contributed by atoms with van der Waals surface area (Å²) in [6, 6.07) is 11.1. The van der Waals surface area contributed by atoms with Crippen molar-refractivity contribution in [1.29, 1.82) is 0 Å². The second-order valence-corrected chi connectivity index (χ2v) is 3.77. The lowest BCUT2D eigenvalue weighted by atomic mass is 10.2. The van der Waals surface area contributed by atoms with Crippen molar-refractivity contribution < 1.29 is 4.74 Å². The van der Waals surface area contributed by atoms with E-state index < -0.39 is 0 Å². The molecule has 0 aliphatic heterocycles. The predicted molar refractivity (Wildman–Crippen MR) is 64.4 cm³/mol. The van der Waals surface area contributed by atoms with Crippen LogP contribution in [0.5, 0.6) is 0 Å². The van der Waals surface area contributed by atoms with E-state index in [4.69, 9.17) is 4.74 Å². The lowest BCUT2D eigenvalue weighted by Crippen LogP contribution is -2.21. The van der Waals surface area contributed by atoms with E-state index in [1.54, 1.807) is 0 Å². The second-order valence-electron chi connectivity index (χ2n) is 3.77. The molecule has 0 saturated heterocycles. The first-order chi connectivity index (χ1) is 6.95. The van der Waals surface area contributed by atoms with Crippen LogP contribution in [0.15, 0.2) is 30.3 Å². The minimum absolute atomic E-state index is 0. The molecule has 0 unspecified atom stereocenters. The van der Waals surface area contributed by atoms with Crippen molar-refractivity contribution >= 4 is 12.4 Å². The van der Waals surface area contributed by atoms with Gasteiger partial charge in [0.05, 0.1) is 13.2 Å². The van der Waals surface area contributed by atoms with E-state index in [0.717, 1.165) is 25.8 Å². The van der Waals surface area contributed by atoms with Crippen LogP contribution in [-0.4, -0.2) is 19.2 Å². The van der Waals surface area contributed by atoms with Crippen molar-refractivity contribution in [2.75, 3.05) is 13.2 Å². The molecule has 1 N–H and O–H groups in total. The highest BCUT2D eigenvalue weighted by Crippen LogP contribution is 2.17. The van der Waals surface area contributed by atoms with Crippen LogP contribution in [0.1, 0.15) is 18.4 Å². The molecule has 1 aromatic rings. The van der Waals surface area contributed by atoms with Crippen LogP contribution in [0.2, 0.25) is 0 Å². The summed E-state index contributed by atoms with van der Waals surface area (Å²) in [6.45, 7) is 2.52. The van der Waals surface area contributed by atoms with Crippen LogP contribution < -0.4 is 5.32 Å². The maximum Gasteiger partial charge on any atom is 0.0717 e. The number of benzene rings is 1. The fourth-order valence-electron chi connectivity index (χ4n) is 1.39. The van der Waals surface area contributed by atoms with Crippen molar-refractivity contribution in [1.82, 2.24) is 5.32 Å². The molecule has 0 atom stereocenters. The zero-order valence-electron chi connectivity index (χ0n) is 8.82. The molecule has 2 rings (SSSR count). The first-order valence-corrected chi connectivity index (χ1v) is 5.30. The largest absolute Gasteiger partial charge is 0.375 e. The SMILES string of the molecule is Cl.c1ccc(COCCNC2CC2)cc1. The van der Waals surface area contributed by atoms with Gasteiger partial charge in [-0.25, -0.2) is 0 Å². The molecule has 1 aliphatic carbocycles. The summed E-state index contributed by atoms with van der Waals surface area (Å²) in [5, 5.41) is 3.42. The van der Waals surface area contributed by atoms with Crippen LogP contribution in [-0.2, 0) is 11.3 Å². The van der Waals surface area contributed by atoms with Gasteiger partial charge >= 0.3 is 0 Å². The van der Waals surface area contributed by atoms with Crippen molar-refractivity contribution in [3.63, 3.8) is 0 Å². The molecule has 1 aromatic carbocycles. The van der Waals surface area contributed by atoms with Gasteiger partial charge in [0.1, 0.15) is 0 Å². The molecule has 3 heteroatoms. The molecular formula is C12H18ClNO. The molecule has 84 valence electrons. The van der Waals surface area contributed by atoms with Gasteiger partial charge in [0, 0.05) is 12.6 Å². The second kappa shape index (κ2) is 6.83. The van der Waals surface area contributed by atoms with Crippen LogP contribution in [0.25, 0.3) is 0 Å². The Morgan fingerprint density at radius 3 is 2.60 bits per heavy atom. The predicted octanol–water partition coefficient (Wildman–Crippen LogP) is 2.38. The summed E-state index contributed by atoms with van der Waals surface area (Å²) in [4.78, 5) is 0. The molecule has 1 saturated carbocycles. The van der Waals surface area contributed by atoms with E-state index in [2.05, 4.69) is 17.4 Å². The summed E-state index contributed by atoms with van der Waals surface area (Å²) in [7, 11) is 0. The van der Waals surface area contributed by atoms with Gasteiger partial charge in [0.2, 0.25) is 0 Å². The Morgan fingerprint density at radius 2 is 1.93 bits per heavy atom. The van der Waals surface area contributed by atoms with Gasteiger partial charge < -0.3 is 10.1 Å². The Balaban J connectivity index is 0.00000112. The molecular weight excluding hydrogens is 210 g/mol. The summed E-state index contributed by atoms with van der Waals surface area (Å²) >= 11 is 0. The summed E-state index contributed by atoms with van der Waals surface area (Å²) in [5.41, 5.74) is 1.25. The van der Waals surface area contributed by atoms with Crippen LogP contribution in [0.3, 0.4) is 0 Å². The van der Waals surface area contributed by atoms with E-state index in [1.165, 1.54) is 18.4 Å². The third-order valence-electron chi connectivity index (χ3n) is 2.37. The van der Waals surface area contributed by atoms with E-state index in [-0.39, 0.29) is 12.4 Å². The van der Waals surface area contributed by atoms with Gasteiger partial charge in [-0.1, -0.05) is 30.3 Å². The molecule has 2 nitrogen and oxygen atoms in total. The van der Waals surface area contributed by atoms with E-state index in [9.17, 15) is 0 Å². The molecule has 0 aromatic heterocycles. The van der Waals surface area contributed by atoms with Crippen molar-refractivity contribution in [3.05, 3.63) is 35.9 Å². The first-order valence-electron chi connectivity index (χ1n) is 5.30. The quantitative estimate of drug-likeness (QED) is 0.754. The van der Waals surface area contributed by atoms with Gasteiger partial charge in [-0.15, -0.1) is 12.4 Å². The molecule has 0 bridgehead atoms. The third kappa shape index (κ3) is 5.17. The van der Waals surface area contributed by atoms with Crippen molar-refractivity contribution in [2.24, 2.45) is 0 Å². The lowest BCUT2D eigenvalue weighted by Gasteiger charge is -2.04.